The van der Waals surface area contributed by atoms with Crippen LogP contribution in [0.15, 0.2) is 66.7 Å². The lowest BCUT2D eigenvalue weighted by molar-refractivity contribution is 0.0948. The fourth-order valence-corrected chi connectivity index (χ4v) is 3.65. The first-order valence-electron chi connectivity index (χ1n) is 9.98. The summed E-state index contributed by atoms with van der Waals surface area (Å²) in [5, 5.41) is 2.94. The molecule has 0 aromatic heterocycles. The second-order valence-corrected chi connectivity index (χ2v) is 7.45. The first-order chi connectivity index (χ1) is 14.5. The van der Waals surface area contributed by atoms with Gasteiger partial charge in [0.2, 0.25) is 0 Å². The molecule has 0 unspecified atom stereocenters. The van der Waals surface area contributed by atoms with Gasteiger partial charge in [0.25, 0.3) is 11.8 Å². The van der Waals surface area contributed by atoms with Crippen LogP contribution in [0.3, 0.4) is 0 Å². The van der Waals surface area contributed by atoms with Crippen molar-refractivity contribution in [1.29, 1.82) is 0 Å². The second-order valence-electron chi connectivity index (χ2n) is 7.45. The molecule has 1 N–H and O–H groups in total. The number of fused-ring (bicyclic) bond motifs is 1. The fraction of sp³-hybridized carbons (Fsp3) is 0.200. The van der Waals surface area contributed by atoms with E-state index < -0.39 is 0 Å². The van der Waals surface area contributed by atoms with Gasteiger partial charge in [-0.1, -0.05) is 35.9 Å². The van der Waals surface area contributed by atoms with Crippen LogP contribution < -0.4 is 15.0 Å². The maximum absolute atomic E-state index is 13.0. The highest BCUT2D eigenvalue weighted by Crippen LogP contribution is 2.30. The van der Waals surface area contributed by atoms with E-state index in [9.17, 15) is 9.59 Å². The van der Waals surface area contributed by atoms with Crippen molar-refractivity contribution in [2.45, 2.75) is 19.9 Å². The van der Waals surface area contributed by atoms with Gasteiger partial charge in [0.1, 0.15) is 5.75 Å². The van der Waals surface area contributed by atoms with E-state index in [1.54, 1.807) is 31.4 Å². The number of methoxy groups -OCH3 is 1. The molecule has 152 valence electrons. The fourth-order valence-electron chi connectivity index (χ4n) is 3.65. The van der Waals surface area contributed by atoms with Gasteiger partial charge in [0, 0.05) is 29.9 Å². The highest BCUT2D eigenvalue weighted by molar-refractivity contribution is 6.07. The molecule has 0 atom stereocenters. The van der Waals surface area contributed by atoms with Crippen LogP contribution in [-0.4, -0.2) is 25.5 Å². The summed E-state index contributed by atoms with van der Waals surface area (Å²) in [4.78, 5) is 27.3. The number of rotatable bonds is 5. The lowest BCUT2D eigenvalue weighted by atomic mass is 10.1. The zero-order valence-electron chi connectivity index (χ0n) is 17.1. The third kappa shape index (κ3) is 4.06. The molecule has 0 aliphatic carbocycles. The number of nitrogens with one attached hydrogen (secondary N) is 1. The van der Waals surface area contributed by atoms with Crippen molar-refractivity contribution in [2.24, 2.45) is 0 Å². The van der Waals surface area contributed by atoms with Crippen LogP contribution in [0.2, 0.25) is 0 Å². The molecule has 1 aliphatic heterocycles. The van der Waals surface area contributed by atoms with Gasteiger partial charge in [-0.05, 0) is 60.9 Å². The van der Waals surface area contributed by atoms with Crippen molar-refractivity contribution in [3.05, 3.63) is 94.5 Å². The number of benzene rings is 3. The Morgan fingerprint density at radius 1 is 1.00 bits per heavy atom. The molecule has 1 heterocycles. The summed E-state index contributed by atoms with van der Waals surface area (Å²) in [7, 11) is 1.57. The minimum absolute atomic E-state index is 0.00585. The van der Waals surface area contributed by atoms with E-state index in [1.807, 2.05) is 54.3 Å². The lowest BCUT2D eigenvalue weighted by Gasteiger charge is -2.18. The minimum atomic E-state index is -0.165. The Bertz CT molecular complexity index is 1090. The van der Waals surface area contributed by atoms with Crippen LogP contribution in [0.25, 0.3) is 0 Å². The van der Waals surface area contributed by atoms with Crippen LogP contribution in [0.5, 0.6) is 5.75 Å². The summed E-state index contributed by atoms with van der Waals surface area (Å²) in [6.45, 7) is 3.06. The summed E-state index contributed by atoms with van der Waals surface area (Å²) in [6.07, 6.45) is 0.837. The Hall–Kier alpha value is -3.60. The first kappa shape index (κ1) is 19.7. The maximum atomic E-state index is 13.0. The third-order valence-electron chi connectivity index (χ3n) is 5.37. The van der Waals surface area contributed by atoms with Crippen LogP contribution in [0.1, 0.15) is 37.4 Å². The number of carbonyl (C=O) groups is 2. The quantitative estimate of drug-likeness (QED) is 0.700. The zero-order valence-corrected chi connectivity index (χ0v) is 17.1. The van der Waals surface area contributed by atoms with Crippen LogP contribution in [0.4, 0.5) is 5.69 Å². The summed E-state index contributed by atoms with van der Waals surface area (Å²) in [5.74, 6) is 0.485. The summed E-state index contributed by atoms with van der Waals surface area (Å²) in [5.41, 5.74) is 5.39. The average Bonchev–Trinajstić information content (AvgIpc) is 3.20. The normalized spacial score (nSPS) is 12.4. The van der Waals surface area contributed by atoms with Gasteiger partial charge in [0.15, 0.2) is 0 Å². The van der Waals surface area contributed by atoms with Gasteiger partial charge >= 0.3 is 0 Å². The van der Waals surface area contributed by atoms with E-state index in [1.165, 1.54) is 0 Å². The van der Waals surface area contributed by atoms with E-state index in [0.717, 1.165) is 28.8 Å². The molecule has 2 amide bonds. The number of ether oxygens (including phenoxy) is 1. The largest absolute Gasteiger partial charge is 0.497 e. The molecular formula is C25H24N2O3. The molecule has 3 aromatic rings. The van der Waals surface area contributed by atoms with Gasteiger partial charge in [-0.2, -0.15) is 0 Å². The van der Waals surface area contributed by atoms with Gasteiger partial charge in [-0.3, -0.25) is 9.59 Å². The van der Waals surface area contributed by atoms with Crippen LogP contribution in [0, 0.1) is 6.92 Å². The molecule has 4 rings (SSSR count). The molecular weight excluding hydrogens is 376 g/mol. The lowest BCUT2D eigenvalue weighted by Crippen LogP contribution is -2.29. The van der Waals surface area contributed by atoms with Gasteiger partial charge < -0.3 is 15.0 Å². The number of anilines is 1. The second kappa shape index (κ2) is 8.41. The van der Waals surface area contributed by atoms with Crippen molar-refractivity contribution in [3.8, 4) is 5.75 Å². The van der Waals surface area contributed by atoms with Crippen molar-refractivity contribution < 1.29 is 14.3 Å². The maximum Gasteiger partial charge on any atom is 0.258 e. The minimum Gasteiger partial charge on any atom is -0.497 e. The van der Waals surface area contributed by atoms with E-state index in [0.29, 0.717) is 30.0 Å². The average molecular weight is 400 g/mol. The third-order valence-corrected chi connectivity index (χ3v) is 5.37. The van der Waals surface area contributed by atoms with Crippen molar-refractivity contribution in [3.63, 3.8) is 0 Å². The van der Waals surface area contributed by atoms with Crippen molar-refractivity contribution in [2.75, 3.05) is 18.6 Å². The standard InChI is InChI=1S/C25H24N2O3/c1-17-6-9-20(10-7-17)25(29)27-13-12-19-11-8-18(14-23(19)27)16-26-24(28)21-4-3-5-22(15-21)30-2/h3-11,14-15H,12-13,16H2,1-2H3,(H,26,28). The first-order valence-corrected chi connectivity index (χ1v) is 9.98. The molecule has 1 aliphatic rings. The van der Waals surface area contributed by atoms with Crippen molar-refractivity contribution >= 4 is 17.5 Å². The number of aryl methyl sites for hydroxylation is 1. The number of carbonyl (C=O) groups excluding carboxylic acids is 2. The Morgan fingerprint density at radius 2 is 1.80 bits per heavy atom. The highest BCUT2D eigenvalue weighted by atomic mass is 16.5. The molecule has 0 saturated heterocycles. The van der Waals surface area contributed by atoms with E-state index in [-0.39, 0.29) is 11.8 Å². The molecule has 0 bridgehead atoms. The number of hydrogen-bond acceptors (Lipinski definition) is 3. The predicted molar refractivity (Wildman–Crippen MR) is 117 cm³/mol. The topological polar surface area (TPSA) is 58.6 Å². The SMILES string of the molecule is COc1cccc(C(=O)NCc2ccc3c(c2)N(C(=O)c2ccc(C)cc2)CC3)c1. The number of amides is 2. The molecule has 0 fully saturated rings. The van der Waals surface area contributed by atoms with Crippen LogP contribution in [-0.2, 0) is 13.0 Å². The smallest absolute Gasteiger partial charge is 0.258 e. The Labute approximate surface area is 176 Å². The highest BCUT2D eigenvalue weighted by Gasteiger charge is 2.25. The molecule has 5 heteroatoms. The van der Waals surface area contributed by atoms with Crippen molar-refractivity contribution in [1.82, 2.24) is 5.32 Å². The molecule has 0 spiro atoms. The molecule has 3 aromatic carbocycles. The molecule has 30 heavy (non-hydrogen) atoms. The number of nitrogens with zero attached hydrogens (tertiary/aromatic N) is 1. The van der Waals surface area contributed by atoms with E-state index >= 15 is 0 Å². The molecule has 0 saturated carbocycles. The Morgan fingerprint density at radius 3 is 2.57 bits per heavy atom. The van der Waals surface area contributed by atoms with Gasteiger partial charge in [-0.15, -0.1) is 0 Å². The summed E-state index contributed by atoms with van der Waals surface area (Å²) >= 11 is 0. The molecule has 0 radical (unpaired) electrons. The van der Waals surface area contributed by atoms with Gasteiger partial charge in [0.05, 0.1) is 7.11 Å². The zero-order chi connectivity index (χ0) is 21.1. The van der Waals surface area contributed by atoms with E-state index in [2.05, 4.69) is 5.32 Å². The van der Waals surface area contributed by atoms with E-state index in [4.69, 9.17) is 4.74 Å². The van der Waals surface area contributed by atoms with Crippen LogP contribution >= 0.6 is 0 Å². The summed E-state index contributed by atoms with van der Waals surface area (Å²) in [6, 6.07) is 20.7. The molecule has 5 nitrogen and oxygen atoms in total. The Kier molecular flexibility index (Phi) is 5.53. The summed E-state index contributed by atoms with van der Waals surface area (Å²) < 4.78 is 5.18. The Balaban J connectivity index is 1.48. The predicted octanol–water partition coefficient (Wildman–Crippen LogP) is 4.14. The monoisotopic (exact) mass is 400 g/mol. The van der Waals surface area contributed by atoms with Gasteiger partial charge in [-0.25, -0.2) is 0 Å². The number of hydrogen-bond donors (Lipinski definition) is 1.